The molecule has 1 aliphatic heterocycles. The van der Waals surface area contributed by atoms with Gasteiger partial charge < -0.3 is 14.2 Å². The molecular formula is C13H18O5. The van der Waals surface area contributed by atoms with E-state index in [9.17, 15) is 9.59 Å². The van der Waals surface area contributed by atoms with Gasteiger partial charge in [0.05, 0.1) is 25.2 Å². The van der Waals surface area contributed by atoms with Crippen LogP contribution in [0.2, 0.25) is 0 Å². The van der Waals surface area contributed by atoms with Gasteiger partial charge in [0.1, 0.15) is 6.61 Å². The summed E-state index contributed by atoms with van der Waals surface area (Å²) in [5.41, 5.74) is 0. The fraction of sp³-hybridized carbons (Fsp3) is 0.692. The number of rotatable bonds is 6. The van der Waals surface area contributed by atoms with Crippen LogP contribution in [0.5, 0.6) is 0 Å². The summed E-state index contributed by atoms with van der Waals surface area (Å²) in [6, 6.07) is 0. The number of fused-ring (bicyclic) bond motifs is 1. The first-order valence-electron chi connectivity index (χ1n) is 6.31. The second-order valence-corrected chi connectivity index (χ2v) is 4.63. The Hall–Kier alpha value is -1.36. The molecule has 1 saturated heterocycles. The van der Waals surface area contributed by atoms with Gasteiger partial charge >= 0.3 is 11.9 Å². The fourth-order valence-corrected chi connectivity index (χ4v) is 2.29. The number of hydrogen-bond donors (Lipinski definition) is 0. The molecule has 0 aromatic carbocycles. The van der Waals surface area contributed by atoms with Crippen molar-refractivity contribution in [3.8, 4) is 0 Å². The highest BCUT2D eigenvalue weighted by molar-refractivity contribution is 5.81. The van der Waals surface area contributed by atoms with E-state index in [4.69, 9.17) is 14.2 Å². The van der Waals surface area contributed by atoms with Crippen LogP contribution in [0.25, 0.3) is 0 Å². The Balaban J connectivity index is 1.57. The number of carbonyl (C=O) groups is 2. The van der Waals surface area contributed by atoms with Gasteiger partial charge in [0.15, 0.2) is 0 Å². The van der Waals surface area contributed by atoms with Crippen molar-refractivity contribution in [2.45, 2.75) is 37.9 Å². The lowest BCUT2D eigenvalue weighted by Gasteiger charge is -2.17. The monoisotopic (exact) mass is 254 g/mol. The predicted octanol–water partition coefficient (Wildman–Crippen LogP) is 1.22. The van der Waals surface area contributed by atoms with Crippen molar-refractivity contribution in [2.24, 2.45) is 5.92 Å². The first-order chi connectivity index (χ1) is 8.70. The molecule has 100 valence electrons. The SMILES string of the molecule is C=CC(=O)OCCC(=O)OCC1CCCC2OC12. The molecule has 0 aromatic rings. The van der Waals surface area contributed by atoms with Gasteiger partial charge in [-0.3, -0.25) is 4.79 Å². The van der Waals surface area contributed by atoms with Gasteiger partial charge in [-0.25, -0.2) is 4.79 Å². The molecule has 0 bridgehead atoms. The first-order valence-corrected chi connectivity index (χ1v) is 6.31. The van der Waals surface area contributed by atoms with Crippen LogP contribution in [0.1, 0.15) is 25.7 Å². The van der Waals surface area contributed by atoms with Gasteiger partial charge in [0.2, 0.25) is 0 Å². The maximum atomic E-state index is 11.4. The molecule has 5 nitrogen and oxygen atoms in total. The van der Waals surface area contributed by atoms with E-state index in [1.165, 1.54) is 0 Å². The predicted molar refractivity (Wildman–Crippen MR) is 62.7 cm³/mol. The van der Waals surface area contributed by atoms with Crippen molar-refractivity contribution in [2.75, 3.05) is 13.2 Å². The zero-order valence-electron chi connectivity index (χ0n) is 10.3. The molecular weight excluding hydrogens is 236 g/mol. The van der Waals surface area contributed by atoms with Crippen molar-refractivity contribution >= 4 is 11.9 Å². The van der Waals surface area contributed by atoms with Crippen molar-refractivity contribution in [1.82, 2.24) is 0 Å². The minimum atomic E-state index is -0.524. The van der Waals surface area contributed by atoms with E-state index in [0.717, 1.165) is 25.3 Å². The Kier molecular flexibility index (Phi) is 4.36. The number of epoxide rings is 1. The summed E-state index contributed by atoms with van der Waals surface area (Å²) in [4.78, 5) is 22.1. The summed E-state index contributed by atoms with van der Waals surface area (Å²) in [5.74, 6) is -0.526. The van der Waals surface area contributed by atoms with Crippen molar-refractivity contribution < 1.29 is 23.8 Å². The molecule has 0 aromatic heterocycles. The third-order valence-corrected chi connectivity index (χ3v) is 3.33. The third kappa shape index (κ3) is 3.57. The average Bonchev–Trinajstić information content (AvgIpc) is 3.15. The van der Waals surface area contributed by atoms with Crippen LogP contribution < -0.4 is 0 Å². The smallest absolute Gasteiger partial charge is 0.330 e. The summed E-state index contributed by atoms with van der Waals surface area (Å²) >= 11 is 0. The molecule has 5 heteroatoms. The minimum Gasteiger partial charge on any atom is -0.465 e. The van der Waals surface area contributed by atoms with Gasteiger partial charge in [0.25, 0.3) is 0 Å². The molecule has 1 heterocycles. The number of carbonyl (C=O) groups excluding carboxylic acids is 2. The average molecular weight is 254 g/mol. The largest absolute Gasteiger partial charge is 0.465 e. The summed E-state index contributed by atoms with van der Waals surface area (Å²) in [6.45, 7) is 3.71. The van der Waals surface area contributed by atoms with Gasteiger partial charge in [-0.05, 0) is 12.8 Å². The molecule has 0 N–H and O–H groups in total. The van der Waals surface area contributed by atoms with Crippen LogP contribution in [-0.2, 0) is 23.8 Å². The van der Waals surface area contributed by atoms with E-state index >= 15 is 0 Å². The Bertz CT molecular complexity index is 338. The summed E-state index contributed by atoms with van der Waals surface area (Å²) in [5, 5.41) is 0. The van der Waals surface area contributed by atoms with Crippen molar-refractivity contribution in [3.63, 3.8) is 0 Å². The topological polar surface area (TPSA) is 65.1 Å². The van der Waals surface area contributed by atoms with Gasteiger partial charge in [0, 0.05) is 12.0 Å². The van der Waals surface area contributed by atoms with E-state index in [1.54, 1.807) is 0 Å². The molecule has 2 aliphatic rings. The molecule has 3 unspecified atom stereocenters. The Morgan fingerprint density at radius 1 is 1.33 bits per heavy atom. The second-order valence-electron chi connectivity index (χ2n) is 4.63. The molecule has 1 aliphatic carbocycles. The van der Waals surface area contributed by atoms with Crippen molar-refractivity contribution in [1.29, 1.82) is 0 Å². The quantitative estimate of drug-likeness (QED) is 0.405. The van der Waals surface area contributed by atoms with E-state index in [-0.39, 0.29) is 19.0 Å². The zero-order valence-corrected chi connectivity index (χ0v) is 10.3. The molecule has 0 radical (unpaired) electrons. The van der Waals surface area contributed by atoms with Crippen molar-refractivity contribution in [3.05, 3.63) is 12.7 Å². The lowest BCUT2D eigenvalue weighted by atomic mass is 9.90. The lowest BCUT2D eigenvalue weighted by Crippen LogP contribution is -2.23. The number of ether oxygens (including phenoxy) is 3. The lowest BCUT2D eigenvalue weighted by molar-refractivity contribution is -0.148. The third-order valence-electron chi connectivity index (χ3n) is 3.33. The molecule has 0 amide bonds. The number of hydrogen-bond acceptors (Lipinski definition) is 5. The van der Waals surface area contributed by atoms with E-state index in [1.807, 2.05) is 0 Å². The molecule has 18 heavy (non-hydrogen) atoms. The Morgan fingerprint density at radius 3 is 2.94 bits per heavy atom. The summed E-state index contributed by atoms with van der Waals surface area (Å²) < 4.78 is 15.3. The van der Waals surface area contributed by atoms with Gasteiger partial charge in [-0.2, -0.15) is 0 Å². The minimum absolute atomic E-state index is 0.0386. The van der Waals surface area contributed by atoms with Gasteiger partial charge in [-0.15, -0.1) is 0 Å². The van der Waals surface area contributed by atoms with E-state index in [2.05, 4.69) is 6.58 Å². The summed E-state index contributed by atoms with van der Waals surface area (Å²) in [7, 11) is 0. The van der Waals surface area contributed by atoms with Crippen LogP contribution in [0.15, 0.2) is 12.7 Å². The number of esters is 2. The van der Waals surface area contributed by atoms with E-state index < -0.39 is 5.97 Å². The van der Waals surface area contributed by atoms with E-state index in [0.29, 0.717) is 24.7 Å². The zero-order chi connectivity index (χ0) is 13.0. The first kappa shape index (κ1) is 13.1. The highest BCUT2D eigenvalue weighted by atomic mass is 16.6. The molecule has 1 saturated carbocycles. The normalized spacial score (nSPS) is 29.0. The Labute approximate surface area is 106 Å². The maximum absolute atomic E-state index is 11.4. The highest BCUT2D eigenvalue weighted by Crippen LogP contribution is 2.40. The second kappa shape index (κ2) is 6.00. The summed E-state index contributed by atoms with van der Waals surface area (Å²) in [6.07, 6.45) is 5.17. The highest BCUT2D eigenvalue weighted by Gasteiger charge is 2.47. The van der Waals surface area contributed by atoms with Crippen LogP contribution in [-0.4, -0.2) is 37.4 Å². The van der Waals surface area contributed by atoms with Crippen LogP contribution in [0.3, 0.4) is 0 Å². The molecule has 2 rings (SSSR count). The van der Waals surface area contributed by atoms with Gasteiger partial charge in [-0.1, -0.05) is 13.0 Å². The van der Waals surface area contributed by atoms with Crippen LogP contribution >= 0.6 is 0 Å². The molecule has 3 atom stereocenters. The van der Waals surface area contributed by atoms with Crippen LogP contribution in [0.4, 0.5) is 0 Å². The maximum Gasteiger partial charge on any atom is 0.330 e. The van der Waals surface area contributed by atoms with Crippen LogP contribution in [0, 0.1) is 5.92 Å². The molecule has 2 fully saturated rings. The fourth-order valence-electron chi connectivity index (χ4n) is 2.29. The standard InChI is InChI=1S/C13H18O5/c1-2-11(14)16-7-6-12(15)17-8-9-4-3-5-10-13(9)18-10/h2,9-10,13H,1,3-8H2. The Morgan fingerprint density at radius 2 is 2.17 bits per heavy atom. The molecule has 0 spiro atoms.